The first-order valence-corrected chi connectivity index (χ1v) is 8.87. The van der Waals surface area contributed by atoms with E-state index in [-0.39, 0.29) is 18.3 Å². The molecule has 1 heterocycles. The van der Waals surface area contributed by atoms with Crippen LogP contribution in [0.5, 0.6) is 0 Å². The second-order valence-corrected chi connectivity index (χ2v) is 7.04. The lowest BCUT2D eigenvalue weighted by Gasteiger charge is -2.36. The average molecular weight is 319 g/mol. The minimum absolute atomic E-state index is 0.136. The molecule has 128 valence electrons. The Kier molecular flexibility index (Phi) is 5.70. The van der Waals surface area contributed by atoms with E-state index in [0.29, 0.717) is 13.2 Å². The van der Waals surface area contributed by atoms with Crippen LogP contribution in [0, 0.1) is 0 Å². The molecule has 1 N–H and O–H groups in total. The molecule has 1 fully saturated rings. The number of morpholine rings is 1. The Balaban J connectivity index is 1.49. The van der Waals surface area contributed by atoms with E-state index in [1.807, 2.05) is 0 Å². The number of ether oxygens (including phenoxy) is 2. The number of hydrogen-bond donors (Lipinski definition) is 1. The summed E-state index contributed by atoms with van der Waals surface area (Å²) in [6.07, 6.45) is 3.52. The van der Waals surface area contributed by atoms with Gasteiger partial charge in [0.2, 0.25) is 0 Å². The van der Waals surface area contributed by atoms with Gasteiger partial charge >= 0.3 is 0 Å². The maximum atomic E-state index is 10.3. The fourth-order valence-corrected chi connectivity index (χ4v) is 3.89. The van der Waals surface area contributed by atoms with Crippen LogP contribution in [0.1, 0.15) is 43.9 Å². The Morgan fingerprint density at radius 3 is 2.78 bits per heavy atom. The first-order chi connectivity index (χ1) is 11.1. The third-order valence-corrected chi connectivity index (χ3v) is 4.77. The highest BCUT2D eigenvalue weighted by Gasteiger charge is 2.25. The summed E-state index contributed by atoms with van der Waals surface area (Å²) in [5.74, 6) is 0. The lowest BCUT2D eigenvalue weighted by molar-refractivity contribution is -0.0867. The third-order valence-electron chi connectivity index (χ3n) is 4.77. The number of aliphatic hydroxyl groups is 1. The molecule has 1 aromatic carbocycles. The van der Waals surface area contributed by atoms with Gasteiger partial charge in [-0.3, -0.25) is 4.90 Å². The lowest BCUT2D eigenvalue weighted by Crippen LogP contribution is -2.48. The third kappa shape index (κ3) is 4.54. The Morgan fingerprint density at radius 1 is 1.26 bits per heavy atom. The molecule has 0 aromatic heterocycles. The molecule has 1 saturated heterocycles. The Labute approximate surface area is 139 Å². The summed E-state index contributed by atoms with van der Waals surface area (Å²) in [5.41, 5.74) is 2.70. The molecule has 0 saturated carbocycles. The first-order valence-electron chi connectivity index (χ1n) is 8.87. The molecule has 0 unspecified atom stereocenters. The van der Waals surface area contributed by atoms with E-state index in [9.17, 15) is 5.11 Å². The van der Waals surface area contributed by atoms with Crippen LogP contribution >= 0.6 is 0 Å². The minimum Gasteiger partial charge on any atom is -0.389 e. The van der Waals surface area contributed by atoms with Crippen molar-refractivity contribution in [3.63, 3.8) is 0 Å². The number of aryl methyl sites for hydroxylation is 1. The van der Waals surface area contributed by atoms with Gasteiger partial charge in [-0.25, -0.2) is 0 Å². The van der Waals surface area contributed by atoms with Crippen LogP contribution < -0.4 is 0 Å². The maximum absolute atomic E-state index is 10.3. The van der Waals surface area contributed by atoms with Crippen molar-refractivity contribution < 1.29 is 14.6 Å². The molecule has 1 aromatic rings. The largest absolute Gasteiger partial charge is 0.389 e. The van der Waals surface area contributed by atoms with Gasteiger partial charge in [0.1, 0.15) is 0 Å². The highest BCUT2D eigenvalue weighted by atomic mass is 16.5. The molecule has 1 aliphatic heterocycles. The van der Waals surface area contributed by atoms with E-state index in [1.54, 1.807) is 0 Å². The van der Waals surface area contributed by atoms with E-state index >= 15 is 0 Å². The fraction of sp³-hybridized carbons (Fsp3) is 0.684. The topological polar surface area (TPSA) is 41.9 Å². The highest BCUT2D eigenvalue weighted by molar-refractivity contribution is 5.31. The van der Waals surface area contributed by atoms with Crippen LogP contribution in [0.4, 0.5) is 0 Å². The van der Waals surface area contributed by atoms with Gasteiger partial charge in [-0.15, -0.1) is 0 Å². The van der Waals surface area contributed by atoms with Crippen LogP contribution in [0.15, 0.2) is 24.3 Å². The molecule has 0 radical (unpaired) electrons. The number of nitrogens with zero attached hydrogens (tertiary/aromatic N) is 1. The predicted octanol–water partition coefficient (Wildman–Crippen LogP) is 2.55. The van der Waals surface area contributed by atoms with Gasteiger partial charge in [-0.1, -0.05) is 24.3 Å². The summed E-state index contributed by atoms with van der Waals surface area (Å²) in [6.45, 7) is 7.00. The van der Waals surface area contributed by atoms with Crippen LogP contribution in [0.3, 0.4) is 0 Å². The SMILES string of the molecule is C[C@@H]1CN(C[C@H](O)CO[C@@H]2CCCc3ccccc32)C[C@@H](C)O1. The molecular weight excluding hydrogens is 290 g/mol. The summed E-state index contributed by atoms with van der Waals surface area (Å²) >= 11 is 0. The zero-order valence-corrected chi connectivity index (χ0v) is 14.3. The summed E-state index contributed by atoms with van der Waals surface area (Å²) in [7, 11) is 0. The second-order valence-electron chi connectivity index (χ2n) is 7.04. The van der Waals surface area contributed by atoms with Gasteiger partial charge in [0.15, 0.2) is 0 Å². The molecule has 0 spiro atoms. The molecule has 4 heteroatoms. The summed E-state index contributed by atoms with van der Waals surface area (Å²) in [4.78, 5) is 2.28. The first kappa shape index (κ1) is 16.9. The number of aliphatic hydroxyl groups excluding tert-OH is 1. The quantitative estimate of drug-likeness (QED) is 0.906. The van der Waals surface area contributed by atoms with E-state index in [0.717, 1.165) is 32.4 Å². The number of hydrogen-bond acceptors (Lipinski definition) is 4. The summed E-state index contributed by atoms with van der Waals surface area (Å²) in [6, 6.07) is 8.53. The lowest BCUT2D eigenvalue weighted by atomic mass is 9.89. The second kappa shape index (κ2) is 7.75. The molecule has 2 aliphatic rings. The van der Waals surface area contributed by atoms with Crippen LogP contribution in [-0.4, -0.2) is 54.6 Å². The van der Waals surface area contributed by atoms with Crippen LogP contribution in [-0.2, 0) is 15.9 Å². The Morgan fingerprint density at radius 2 is 2.00 bits per heavy atom. The highest BCUT2D eigenvalue weighted by Crippen LogP contribution is 2.32. The minimum atomic E-state index is -0.443. The summed E-state index contributed by atoms with van der Waals surface area (Å²) < 4.78 is 11.8. The van der Waals surface area contributed by atoms with Gasteiger partial charge in [0.05, 0.1) is 31.0 Å². The van der Waals surface area contributed by atoms with Gasteiger partial charge in [0.25, 0.3) is 0 Å². The monoisotopic (exact) mass is 319 g/mol. The van der Waals surface area contributed by atoms with E-state index < -0.39 is 6.10 Å². The maximum Gasteiger partial charge on any atom is 0.0900 e. The predicted molar refractivity (Wildman–Crippen MR) is 90.5 cm³/mol. The molecular formula is C19H29NO3. The van der Waals surface area contributed by atoms with Crippen molar-refractivity contribution in [2.24, 2.45) is 0 Å². The van der Waals surface area contributed by atoms with Gasteiger partial charge in [-0.05, 0) is 44.2 Å². The van der Waals surface area contributed by atoms with Crippen LogP contribution in [0.2, 0.25) is 0 Å². The Bertz CT molecular complexity index is 497. The smallest absolute Gasteiger partial charge is 0.0900 e. The average Bonchev–Trinajstić information content (AvgIpc) is 2.52. The Hall–Kier alpha value is -0.940. The zero-order chi connectivity index (χ0) is 16.2. The van der Waals surface area contributed by atoms with Crippen molar-refractivity contribution in [1.82, 2.24) is 4.90 Å². The number of β-amino-alcohol motifs (C(OH)–C–C–N with tert-alkyl or cyclic N) is 1. The molecule has 0 amide bonds. The van der Waals surface area contributed by atoms with Crippen molar-refractivity contribution in [2.45, 2.75) is 57.5 Å². The number of benzene rings is 1. The van der Waals surface area contributed by atoms with E-state index in [1.165, 1.54) is 11.1 Å². The standard InChI is InChI=1S/C19H29NO3/c1-14-10-20(11-15(2)23-14)12-17(21)13-22-19-9-5-7-16-6-3-4-8-18(16)19/h3-4,6,8,14-15,17,19,21H,5,7,9-13H2,1-2H3/t14-,15-,17+,19-/m1/s1. The molecule has 4 atom stereocenters. The van der Waals surface area contributed by atoms with Crippen molar-refractivity contribution in [3.05, 3.63) is 35.4 Å². The normalized spacial score (nSPS) is 30.0. The van der Waals surface area contributed by atoms with Gasteiger partial charge in [0, 0.05) is 19.6 Å². The molecule has 0 bridgehead atoms. The van der Waals surface area contributed by atoms with Gasteiger partial charge in [-0.2, -0.15) is 0 Å². The summed E-state index contributed by atoms with van der Waals surface area (Å²) in [5, 5.41) is 10.3. The number of rotatable bonds is 5. The number of fused-ring (bicyclic) bond motifs is 1. The van der Waals surface area contributed by atoms with Crippen molar-refractivity contribution >= 4 is 0 Å². The van der Waals surface area contributed by atoms with Gasteiger partial charge < -0.3 is 14.6 Å². The molecule has 23 heavy (non-hydrogen) atoms. The fourth-order valence-electron chi connectivity index (χ4n) is 3.89. The van der Waals surface area contributed by atoms with Crippen molar-refractivity contribution in [3.8, 4) is 0 Å². The van der Waals surface area contributed by atoms with E-state index in [2.05, 4.69) is 43.0 Å². The van der Waals surface area contributed by atoms with Crippen molar-refractivity contribution in [1.29, 1.82) is 0 Å². The van der Waals surface area contributed by atoms with Crippen LogP contribution in [0.25, 0.3) is 0 Å². The van der Waals surface area contributed by atoms with E-state index in [4.69, 9.17) is 9.47 Å². The molecule has 4 nitrogen and oxygen atoms in total. The van der Waals surface area contributed by atoms with Crippen molar-refractivity contribution in [2.75, 3.05) is 26.2 Å². The molecule has 1 aliphatic carbocycles. The molecule has 3 rings (SSSR count). The zero-order valence-electron chi connectivity index (χ0n) is 14.3.